The molecule has 3 fully saturated rings. The summed E-state index contributed by atoms with van der Waals surface area (Å²) in [6.45, 7) is 7.51. The molecule has 2 saturated carbocycles. The first kappa shape index (κ1) is 17.4. The molecule has 5 atom stereocenters. The van der Waals surface area contributed by atoms with Crippen molar-refractivity contribution in [3.8, 4) is 0 Å². The third-order valence-electron chi connectivity index (χ3n) is 6.91. The summed E-state index contributed by atoms with van der Waals surface area (Å²) in [7, 11) is 0. The normalized spacial score (nSPS) is 33.3. The summed E-state index contributed by atoms with van der Waals surface area (Å²) in [5.41, 5.74) is 2.40. The van der Waals surface area contributed by atoms with E-state index < -0.39 is 0 Å². The van der Waals surface area contributed by atoms with Gasteiger partial charge in [-0.15, -0.1) is 0 Å². The standard InChI is InChI=1S/C20H31N3OS/c1-12-13(2)23(14(3)17-11-15-7-8-16(17)10-15)20(22-12)25-18-6-4-5-9-21-19(18)24/h14-18H,4-11H2,1-3H3,(H,21,24)/t14-,15-,16-,17+,18+/m0/s1. The average molecular weight is 362 g/mol. The van der Waals surface area contributed by atoms with Crippen LogP contribution in [-0.2, 0) is 4.79 Å². The highest BCUT2D eigenvalue weighted by molar-refractivity contribution is 8.00. The van der Waals surface area contributed by atoms with Crippen LogP contribution in [0.2, 0.25) is 0 Å². The monoisotopic (exact) mass is 361 g/mol. The maximum Gasteiger partial charge on any atom is 0.233 e. The largest absolute Gasteiger partial charge is 0.355 e. The molecule has 0 unspecified atom stereocenters. The molecule has 1 aromatic heterocycles. The molecule has 1 aliphatic heterocycles. The zero-order valence-electron chi connectivity index (χ0n) is 15.8. The van der Waals surface area contributed by atoms with E-state index in [1.165, 1.54) is 31.4 Å². The summed E-state index contributed by atoms with van der Waals surface area (Å²) >= 11 is 1.69. The molecule has 2 aliphatic carbocycles. The van der Waals surface area contributed by atoms with E-state index in [2.05, 4.69) is 30.7 Å². The lowest BCUT2D eigenvalue weighted by molar-refractivity contribution is -0.120. The van der Waals surface area contributed by atoms with Gasteiger partial charge in [0.25, 0.3) is 0 Å². The van der Waals surface area contributed by atoms with E-state index >= 15 is 0 Å². The van der Waals surface area contributed by atoms with Crippen LogP contribution in [0.25, 0.3) is 0 Å². The molecule has 2 bridgehead atoms. The van der Waals surface area contributed by atoms with Crippen molar-refractivity contribution in [3.05, 3.63) is 11.4 Å². The molecule has 5 heteroatoms. The third kappa shape index (κ3) is 3.24. The van der Waals surface area contributed by atoms with Gasteiger partial charge in [0.15, 0.2) is 5.16 Å². The van der Waals surface area contributed by atoms with Crippen molar-refractivity contribution in [1.29, 1.82) is 0 Å². The molecule has 0 spiro atoms. The predicted octanol–water partition coefficient (Wildman–Crippen LogP) is 4.26. The summed E-state index contributed by atoms with van der Waals surface area (Å²) < 4.78 is 2.46. The highest BCUT2D eigenvalue weighted by Gasteiger charge is 2.43. The van der Waals surface area contributed by atoms with Crippen LogP contribution in [0.1, 0.15) is 69.3 Å². The second kappa shape index (κ2) is 6.98. The Morgan fingerprint density at radius 1 is 1.20 bits per heavy atom. The van der Waals surface area contributed by atoms with Gasteiger partial charge in [-0.2, -0.15) is 0 Å². The Kier molecular flexibility index (Phi) is 4.87. The Morgan fingerprint density at radius 3 is 2.76 bits per heavy atom. The summed E-state index contributed by atoms with van der Waals surface area (Å²) in [5.74, 6) is 2.85. The third-order valence-corrected chi connectivity index (χ3v) is 8.14. The smallest absolute Gasteiger partial charge is 0.233 e. The lowest BCUT2D eigenvalue weighted by Gasteiger charge is -2.31. The number of aryl methyl sites for hydroxylation is 1. The molecule has 0 radical (unpaired) electrons. The van der Waals surface area contributed by atoms with E-state index in [0.29, 0.717) is 6.04 Å². The number of aromatic nitrogens is 2. The van der Waals surface area contributed by atoms with Crippen molar-refractivity contribution in [2.24, 2.45) is 17.8 Å². The molecule has 138 valence electrons. The minimum Gasteiger partial charge on any atom is -0.355 e. The van der Waals surface area contributed by atoms with E-state index in [4.69, 9.17) is 4.98 Å². The second-order valence-corrected chi connectivity index (χ2v) is 9.58. The molecule has 0 aromatic carbocycles. The molecule has 1 amide bonds. The molecular weight excluding hydrogens is 330 g/mol. The van der Waals surface area contributed by atoms with Gasteiger partial charge in [-0.3, -0.25) is 4.79 Å². The minimum atomic E-state index is 0.00896. The van der Waals surface area contributed by atoms with Gasteiger partial charge < -0.3 is 9.88 Å². The first-order valence-corrected chi connectivity index (χ1v) is 10.9. The molecule has 25 heavy (non-hydrogen) atoms. The van der Waals surface area contributed by atoms with E-state index in [-0.39, 0.29) is 11.2 Å². The number of carbonyl (C=O) groups is 1. The van der Waals surface area contributed by atoms with Gasteiger partial charge in [-0.05, 0) is 70.6 Å². The quantitative estimate of drug-likeness (QED) is 0.872. The van der Waals surface area contributed by atoms with Crippen molar-refractivity contribution in [3.63, 3.8) is 0 Å². The number of imidazole rings is 1. The predicted molar refractivity (Wildman–Crippen MR) is 102 cm³/mol. The van der Waals surface area contributed by atoms with Gasteiger partial charge in [-0.1, -0.05) is 24.6 Å². The van der Waals surface area contributed by atoms with Crippen LogP contribution in [0.15, 0.2) is 5.16 Å². The Bertz CT molecular complexity index is 656. The summed E-state index contributed by atoms with van der Waals surface area (Å²) in [5, 5.41) is 4.14. The highest BCUT2D eigenvalue weighted by atomic mass is 32.2. The summed E-state index contributed by atoms with van der Waals surface area (Å²) in [6, 6.07) is 0.493. The lowest BCUT2D eigenvalue weighted by Crippen LogP contribution is -2.31. The first-order chi connectivity index (χ1) is 12.0. The first-order valence-electron chi connectivity index (χ1n) is 10.0. The van der Waals surface area contributed by atoms with Gasteiger partial charge >= 0.3 is 0 Å². The highest BCUT2D eigenvalue weighted by Crippen LogP contribution is 2.52. The fraction of sp³-hybridized carbons (Fsp3) is 0.800. The molecule has 3 aliphatic rings. The number of amides is 1. The minimum absolute atomic E-state index is 0.00896. The molecule has 4 nitrogen and oxygen atoms in total. The van der Waals surface area contributed by atoms with Crippen LogP contribution in [-0.4, -0.2) is 27.3 Å². The van der Waals surface area contributed by atoms with Gasteiger partial charge in [0.2, 0.25) is 5.91 Å². The van der Waals surface area contributed by atoms with Crippen LogP contribution in [0.4, 0.5) is 0 Å². The van der Waals surface area contributed by atoms with Crippen LogP contribution in [0, 0.1) is 31.6 Å². The molecule has 4 rings (SSSR count). The zero-order valence-corrected chi connectivity index (χ0v) is 16.6. The maximum absolute atomic E-state index is 12.4. The summed E-state index contributed by atoms with van der Waals surface area (Å²) in [6.07, 6.45) is 8.86. The van der Waals surface area contributed by atoms with E-state index in [1.807, 2.05) is 0 Å². The van der Waals surface area contributed by atoms with Crippen LogP contribution in [0.5, 0.6) is 0 Å². The molecule has 1 aromatic rings. The molecule has 1 N–H and O–H groups in total. The number of rotatable bonds is 4. The summed E-state index contributed by atoms with van der Waals surface area (Å²) in [4.78, 5) is 17.3. The van der Waals surface area contributed by atoms with Gasteiger partial charge in [0.05, 0.1) is 10.9 Å². The number of hydrogen-bond acceptors (Lipinski definition) is 3. The van der Waals surface area contributed by atoms with Crippen LogP contribution >= 0.6 is 11.8 Å². The lowest BCUT2D eigenvalue weighted by atomic mass is 9.84. The van der Waals surface area contributed by atoms with Crippen molar-refractivity contribution in [2.75, 3.05) is 6.54 Å². The number of hydrogen-bond donors (Lipinski definition) is 1. The van der Waals surface area contributed by atoms with Crippen molar-refractivity contribution in [1.82, 2.24) is 14.9 Å². The van der Waals surface area contributed by atoms with Crippen molar-refractivity contribution >= 4 is 17.7 Å². The number of carbonyl (C=O) groups excluding carboxylic acids is 1. The Hall–Kier alpha value is -0.970. The number of nitrogens with one attached hydrogen (secondary N) is 1. The van der Waals surface area contributed by atoms with E-state index in [1.54, 1.807) is 11.8 Å². The van der Waals surface area contributed by atoms with Crippen LogP contribution in [0.3, 0.4) is 0 Å². The fourth-order valence-electron chi connectivity index (χ4n) is 5.39. The molecular formula is C20H31N3OS. The Labute approximate surface area is 155 Å². The van der Waals surface area contributed by atoms with Gasteiger partial charge in [0.1, 0.15) is 0 Å². The maximum atomic E-state index is 12.4. The topological polar surface area (TPSA) is 46.9 Å². The average Bonchev–Trinajstić information content (AvgIpc) is 3.24. The fourth-order valence-corrected chi connectivity index (χ4v) is 6.72. The van der Waals surface area contributed by atoms with E-state index in [0.717, 1.165) is 54.4 Å². The van der Waals surface area contributed by atoms with Gasteiger partial charge in [-0.25, -0.2) is 4.98 Å². The SMILES string of the molecule is Cc1nc(S[C@@H]2CCCCNC2=O)n([C@@H](C)[C@H]2C[C@H]3CC[C@H]2C3)c1C. The van der Waals surface area contributed by atoms with Gasteiger partial charge in [0, 0.05) is 18.3 Å². The molecule has 1 saturated heterocycles. The van der Waals surface area contributed by atoms with Crippen LogP contribution < -0.4 is 5.32 Å². The van der Waals surface area contributed by atoms with Crippen molar-refractivity contribution in [2.45, 2.75) is 82.2 Å². The number of fused-ring (bicyclic) bond motifs is 2. The Balaban J connectivity index is 1.58. The molecule has 2 heterocycles. The zero-order chi connectivity index (χ0) is 17.6. The van der Waals surface area contributed by atoms with Crippen molar-refractivity contribution < 1.29 is 4.79 Å². The number of nitrogens with zero attached hydrogens (tertiary/aromatic N) is 2. The number of thioether (sulfide) groups is 1. The second-order valence-electron chi connectivity index (χ2n) is 8.41. The Morgan fingerprint density at radius 2 is 2.04 bits per heavy atom. The van der Waals surface area contributed by atoms with E-state index in [9.17, 15) is 4.79 Å².